The number of methoxy groups -OCH3 is 1. The number of carbonyl (C=O) groups excluding carboxylic acids is 2. The number of carbonyl (C=O) groups is 2. The predicted molar refractivity (Wildman–Crippen MR) is 65.7 cm³/mol. The van der Waals surface area contributed by atoms with Gasteiger partial charge in [0.1, 0.15) is 17.7 Å². The Bertz CT molecular complexity index is 409. The maximum Gasteiger partial charge on any atom is 0.411 e. The molecule has 0 radical (unpaired) electrons. The van der Waals surface area contributed by atoms with Crippen LogP contribution in [0.2, 0.25) is 0 Å². The van der Waals surface area contributed by atoms with Gasteiger partial charge < -0.3 is 9.53 Å². The lowest BCUT2D eigenvalue weighted by Gasteiger charge is -2.25. The third-order valence-electron chi connectivity index (χ3n) is 2.66. The zero-order valence-corrected chi connectivity index (χ0v) is 10.2. The SMILES string of the molecule is COC(=O)N1C(C=O)CSC1c1ccccc1. The van der Waals surface area contributed by atoms with Crippen molar-refractivity contribution in [3.63, 3.8) is 0 Å². The largest absolute Gasteiger partial charge is 0.453 e. The average Bonchev–Trinajstić information content (AvgIpc) is 2.82. The van der Waals surface area contributed by atoms with Crippen molar-refractivity contribution in [3.8, 4) is 0 Å². The minimum absolute atomic E-state index is 0.140. The fourth-order valence-corrected chi connectivity index (χ4v) is 3.21. The van der Waals surface area contributed by atoms with E-state index in [1.165, 1.54) is 12.0 Å². The Labute approximate surface area is 104 Å². The van der Waals surface area contributed by atoms with Gasteiger partial charge in [0.25, 0.3) is 0 Å². The van der Waals surface area contributed by atoms with Gasteiger partial charge in [0.2, 0.25) is 0 Å². The lowest BCUT2D eigenvalue weighted by atomic mass is 10.2. The Kier molecular flexibility index (Phi) is 3.68. The molecule has 5 heteroatoms. The van der Waals surface area contributed by atoms with Crippen LogP contribution in [0.1, 0.15) is 10.9 Å². The van der Waals surface area contributed by atoms with E-state index >= 15 is 0 Å². The third-order valence-corrected chi connectivity index (χ3v) is 4.01. The van der Waals surface area contributed by atoms with Gasteiger partial charge >= 0.3 is 6.09 Å². The van der Waals surface area contributed by atoms with Crippen LogP contribution in [0, 0.1) is 0 Å². The molecule has 0 N–H and O–H groups in total. The first-order chi connectivity index (χ1) is 8.27. The second-order valence-electron chi connectivity index (χ2n) is 3.68. The lowest BCUT2D eigenvalue weighted by molar-refractivity contribution is -0.111. The zero-order valence-electron chi connectivity index (χ0n) is 9.41. The molecule has 1 aromatic rings. The molecule has 1 saturated heterocycles. The summed E-state index contributed by atoms with van der Waals surface area (Å²) in [5, 5.41) is -0.140. The standard InChI is InChI=1S/C12H13NO3S/c1-16-12(15)13-10(7-14)8-17-11(13)9-5-3-2-4-6-9/h2-7,10-11H,8H2,1H3. The summed E-state index contributed by atoms with van der Waals surface area (Å²) in [6.45, 7) is 0. The molecule has 0 spiro atoms. The molecule has 1 aliphatic rings. The van der Waals surface area contributed by atoms with Crippen LogP contribution in [-0.4, -0.2) is 36.2 Å². The molecule has 0 saturated carbocycles. The Morgan fingerprint density at radius 1 is 1.47 bits per heavy atom. The van der Waals surface area contributed by atoms with Crippen LogP contribution >= 0.6 is 11.8 Å². The zero-order chi connectivity index (χ0) is 12.3. The number of amides is 1. The molecule has 0 bridgehead atoms. The molecule has 1 fully saturated rings. The van der Waals surface area contributed by atoms with Crippen LogP contribution in [0.25, 0.3) is 0 Å². The van der Waals surface area contributed by atoms with Crippen LogP contribution < -0.4 is 0 Å². The maximum atomic E-state index is 11.7. The predicted octanol–water partition coefficient (Wildman–Crippen LogP) is 2.07. The normalized spacial score (nSPS) is 23.5. The summed E-state index contributed by atoms with van der Waals surface area (Å²) in [6, 6.07) is 9.24. The highest BCUT2D eigenvalue weighted by atomic mass is 32.2. The van der Waals surface area contributed by atoms with E-state index in [4.69, 9.17) is 4.74 Å². The summed E-state index contributed by atoms with van der Waals surface area (Å²) < 4.78 is 4.73. The molecular weight excluding hydrogens is 238 g/mol. The molecule has 1 aromatic carbocycles. The molecule has 2 rings (SSSR count). The quantitative estimate of drug-likeness (QED) is 0.755. The molecule has 1 heterocycles. The Balaban J connectivity index is 2.28. The van der Waals surface area contributed by atoms with E-state index in [1.807, 2.05) is 30.3 Å². The van der Waals surface area contributed by atoms with Crippen molar-refractivity contribution in [1.29, 1.82) is 0 Å². The van der Waals surface area contributed by atoms with Crippen molar-refractivity contribution in [1.82, 2.24) is 4.90 Å². The van der Waals surface area contributed by atoms with Crippen molar-refractivity contribution < 1.29 is 14.3 Å². The third kappa shape index (κ3) is 2.29. The van der Waals surface area contributed by atoms with Gasteiger partial charge in [-0.05, 0) is 5.56 Å². The molecular formula is C12H13NO3S. The number of ether oxygens (including phenoxy) is 1. The molecule has 0 aromatic heterocycles. The Morgan fingerprint density at radius 2 is 2.18 bits per heavy atom. The lowest BCUT2D eigenvalue weighted by Crippen LogP contribution is -2.38. The van der Waals surface area contributed by atoms with Crippen LogP contribution in [0.4, 0.5) is 4.79 Å². The van der Waals surface area contributed by atoms with Crippen LogP contribution in [-0.2, 0) is 9.53 Å². The first kappa shape index (κ1) is 12.0. The summed E-state index contributed by atoms with van der Waals surface area (Å²) in [4.78, 5) is 24.1. The number of rotatable bonds is 2. The van der Waals surface area contributed by atoms with Gasteiger partial charge in [-0.15, -0.1) is 11.8 Å². The first-order valence-electron chi connectivity index (χ1n) is 5.26. The van der Waals surface area contributed by atoms with Gasteiger partial charge in [0, 0.05) is 5.75 Å². The van der Waals surface area contributed by atoms with E-state index in [0.717, 1.165) is 11.8 Å². The molecule has 90 valence electrons. The van der Waals surface area contributed by atoms with Gasteiger partial charge in [-0.25, -0.2) is 4.79 Å². The van der Waals surface area contributed by atoms with E-state index in [9.17, 15) is 9.59 Å². The van der Waals surface area contributed by atoms with Gasteiger partial charge in [-0.2, -0.15) is 0 Å². The summed E-state index contributed by atoms with van der Waals surface area (Å²) in [7, 11) is 1.33. The summed E-state index contributed by atoms with van der Waals surface area (Å²) in [5.41, 5.74) is 1.01. The molecule has 2 unspecified atom stereocenters. The van der Waals surface area contributed by atoms with E-state index in [-0.39, 0.29) is 5.37 Å². The van der Waals surface area contributed by atoms with Crippen LogP contribution in [0.15, 0.2) is 30.3 Å². The summed E-state index contributed by atoms with van der Waals surface area (Å²) >= 11 is 1.57. The summed E-state index contributed by atoms with van der Waals surface area (Å²) in [5.74, 6) is 0.609. The fraction of sp³-hybridized carbons (Fsp3) is 0.333. The highest BCUT2D eigenvalue weighted by molar-refractivity contribution is 7.99. The highest BCUT2D eigenvalue weighted by Crippen LogP contribution is 2.40. The number of hydrogen-bond donors (Lipinski definition) is 0. The summed E-state index contributed by atoms with van der Waals surface area (Å²) in [6.07, 6.45) is 0.341. The van der Waals surface area contributed by atoms with Gasteiger partial charge in [-0.1, -0.05) is 30.3 Å². The fourth-order valence-electron chi connectivity index (χ4n) is 1.84. The van der Waals surface area contributed by atoms with Gasteiger partial charge in [0.15, 0.2) is 0 Å². The molecule has 0 aliphatic carbocycles. The van der Waals surface area contributed by atoms with Crippen LogP contribution in [0.5, 0.6) is 0 Å². The minimum atomic E-state index is -0.457. The topological polar surface area (TPSA) is 46.6 Å². The van der Waals surface area contributed by atoms with Crippen molar-refractivity contribution in [3.05, 3.63) is 35.9 Å². The molecule has 2 atom stereocenters. The van der Waals surface area contributed by atoms with Gasteiger partial charge in [0.05, 0.1) is 7.11 Å². The van der Waals surface area contributed by atoms with Gasteiger partial charge in [-0.3, -0.25) is 4.90 Å². The Morgan fingerprint density at radius 3 is 2.76 bits per heavy atom. The smallest absolute Gasteiger partial charge is 0.411 e. The number of benzene rings is 1. The van der Waals surface area contributed by atoms with E-state index in [0.29, 0.717) is 5.75 Å². The molecule has 1 aliphatic heterocycles. The van der Waals surface area contributed by atoms with Crippen molar-refractivity contribution >= 4 is 24.1 Å². The number of aldehydes is 1. The molecule has 4 nitrogen and oxygen atoms in total. The first-order valence-corrected chi connectivity index (χ1v) is 6.31. The highest BCUT2D eigenvalue weighted by Gasteiger charge is 2.38. The van der Waals surface area contributed by atoms with Crippen molar-refractivity contribution in [2.75, 3.05) is 12.9 Å². The number of thioether (sulfide) groups is 1. The van der Waals surface area contributed by atoms with E-state index in [1.54, 1.807) is 11.8 Å². The minimum Gasteiger partial charge on any atom is -0.453 e. The maximum absolute atomic E-state index is 11.7. The monoisotopic (exact) mass is 251 g/mol. The van der Waals surface area contributed by atoms with E-state index < -0.39 is 12.1 Å². The number of hydrogen-bond acceptors (Lipinski definition) is 4. The number of nitrogens with zero attached hydrogens (tertiary/aromatic N) is 1. The van der Waals surface area contributed by atoms with Crippen LogP contribution in [0.3, 0.4) is 0 Å². The molecule has 17 heavy (non-hydrogen) atoms. The van der Waals surface area contributed by atoms with Crippen molar-refractivity contribution in [2.24, 2.45) is 0 Å². The second-order valence-corrected chi connectivity index (χ2v) is 4.79. The average molecular weight is 251 g/mol. The van der Waals surface area contributed by atoms with Crippen molar-refractivity contribution in [2.45, 2.75) is 11.4 Å². The Hall–Kier alpha value is -1.49. The van der Waals surface area contributed by atoms with E-state index in [2.05, 4.69) is 0 Å². The molecule has 1 amide bonds. The second kappa shape index (κ2) is 5.23.